The minimum atomic E-state index is 0.824. The van der Waals surface area contributed by atoms with Gasteiger partial charge >= 0.3 is 0 Å². The second-order valence-electron chi connectivity index (χ2n) is 15.0. The van der Waals surface area contributed by atoms with Gasteiger partial charge in [-0.05, 0) is 104 Å². The summed E-state index contributed by atoms with van der Waals surface area (Å²) in [6.45, 7) is 0. The van der Waals surface area contributed by atoms with Gasteiger partial charge in [0.25, 0.3) is 0 Å². The fourth-order valence-corrected chi connectivity index (χ4v) is 8.85. The molecule has 0 radical (unpaired) electrons. The molecule has 2 nitrogen and oxygen atoms in total. The van der Waals surface area contributed by atoms with Crippen LogP contribution in [0.4, 0.5) is 11.4 Å². The van der Waals surface area contributed by atoms with Crippen LogP contribution < -0.4 is 4.90 Å². The van der Waals surface area contributed by atoms with Gasteiger partial charge in [0.15, 0.2) is 5.58 Å². The van der Waals surface area contributed by atoms with E-state index in [0.717, 1.165) is 57.3 Å². The molecule has 0 bridgehead atoms. The Bertz CT molecular complexity index is 3220. The van der Waals surface area contributed by atoms with Crippen molar-refractivity contribution in [1.82, 2.24) is 0 Å². The van der Waals surface area contributed by atoms with E-state index >= 15 is 0 Å². The smallest absolute Gasteiger partial charge is 0.152 e. The van der Waals surface area contributed by atoms with Crippen molar-refractivity contribution < 1.29 is 4.42 Å². The monoisotopic (exact) mass is 739 g/mol. The van der Waals surface area contributed by atoms with Crippen LogP contribution in [0.1, 0.15) is 18.4 Å². The van der Waals surface area contributed by atoms with Gasteiger partial charge in [-0.2, -0.15) is 0 Å². The van der Waals surface area contributed by atoms with Crippen molar-refractivity contribution in [2.24, 2.45) is 0 Å². The topological polar surface area (TPSA) is 16.4 Å². The fourth-order valence-electron chi connectivity index (χ4n) is 8.85. The molecule has 0 atom stereocenters. The summed E-state index contributed by atoms with van der Waals surface area (Å²) in [5, 5.41) is 7.19. The number of nitrogens with zero attached hydrogens (tertiary/aromatic N) is 1. The van der Waals surface area contributed by atoms with Crippen molar-refractivity contribution in [3.05, 3.63) is 224 Å². The highest BCUT2D eigenvalue weighted by Crippen LogP contribution is 2.44. The van der Waals surface area contributed by atoms with E-state index in [9.17, 15) is 0 Å². The minimum absolute atomic E-state index is 0.824. The van der Waals surface area contributed by atoms with Crippen LogP contribution >= 0.6 is 0 Å². The first-order valence-electron chi connectivity index (χ1n) is 20.0. The molecule has 0 amide bonds. The molecule has 0 aliphatic heterocycles. The number of anilines is 2. The summed E-state index contributed by atoms with van der Waals surface area (Å²) in [7, 11) is 0. The third kappa shape index (κ3) is 5.84. The molecule has 272 valence electrons. The molecule has 2 heteroatoms. The van der Waals surface area contributed by atoms with Gasteiger partial charge in [0.2, 0.25) is 0 Å². The molecule has 1 aliphatic rings. The highest BCUT2D eigenvalue weighted by atomic mass is 16.3. The van der Waals surface area contributed by atoms with Gasteiger partial charge in [0, 0.05) is 33.8 Å². The third-order valence-corrected chi connectivity index (χ3v) is 11.7. The van der Waals surface area contributed by atoms with Crippen LogP contribution in [-0.4, -0.2) is 0 Å². The average molecular weight is 740 g/mol. The molecule has 1 heterocycles. The van der Waals surface area contributed by atoms with Gasteiger partial charge in [0.05, 0.1) is 11.3 Å². The highest BCUT2D eigenvalue weighted by Gasteiger charge is 2.23. The first kappa shape index (κ1) is 33.7. The zero-order valence-corrected chi connectivity index (χ0v) is 31.8. The van der Waals surface area contributed by atoms with Gasteiger partial charge < -0.3 is 9.32 Å². The van der Waals surface area contributed by atoms with Crippen LogP contribution in [0.5, 0.6) is 0 Å². The summed E-state index contributed by atoms with van der Waals surface area (Å²) in [5.74, 6) is 0. The molecular weight excluding hydrogens is 703 g/mol. The van der Waals surface area contributed by atoms with E-state index in [1.807, 2.05) is 18.2 Å². The Balaban J connectivity index is 1.03. The molecule has 10 aromatic rings. The van der Waals surface area contributed by atoms with E-state index in [4.69, 9.17) is 4.42 Å². The molecular formula is C56H37NO. The van der Waals surface area contributed by atoms with E-state index in [0.29, 0.717) is 0 Å². The quantitative estimate of drug-likeness (QED) is 0.162. The lowest BCUT2D eigenvalue weighted by Gasteiger charge is -2.31. The molecule has 11 rings (SSSR count). The molecule has 9 aromatic carbocycles. The number of furan rings is 1. The van der Waals surface area contributed by atoms with E-state index in [-0.39, 0.29) is 0 Å². The molecule has 0 spiro atoms. The van der Waals surface area contributed by atoms with E-state index in [1.54, 1.807) is 0 Å². The van der Waals surface area contributed by atoms with Crippen LogP contribution in [0.3, 0.4) is 0 Å². The Hall–Kier alpha value is -7.60. The second kappa shape index (κ2) is 14.2. The van der Waals surface area contributed by atoms with Crippen LogP contribution in [0.25, 0.3) is 82.4 Å². The number of hydrogen-bond donors (Lipinski definition) is 0. The number of benzene rings is 8. The Kier molecular flexibility index (Phi) is 8.23. The average Bonchev–Trinajstić information content (AvgIpc) is 3.69. The standard InChI is InChI=1S/C56H37NO/c1-3-19-46-39(13-1)15-10-23-48(46)41-31-35-45(36-32-41)57(54-27-7-5-21-50(54)52-25-12-26-53-51-22-6-8-28-55(51)58-56(52)53)44-33-29-38(30-34-44)42-17-9-18-43(37-42)49-24-11-16-40-14-2-4-20-47(40)49/h1-11,13-24,26-31,33-35,37H,32,36H2. The Labute approximate surface area is 338 Å². The summed E-state index contributed by atoms with van der Waals surface area (Å²) in [6, 6.07) is 74.1. The van der Waals surface area contributed by atoms with E-state index in [1.165, 1.54) is 60.6 Å². The van der Waals surface area contributed by atoms with Crippen LogP contribution in [0.2, 0.25) is 0 Å². The highest BCUT2D eigenvalue weighted by molar-refractivity contribution is 6.10. The summed E-state index contributed by atoms with van der Waals surface area (Å²) in [6.07, 6.45) is 6.44. The summed E-state index contributed by atoms with van der Waals surface area (Å²) >= 11 is 0. The normalized spacial score (nSPS) is 12.8. The maximum atomic E-state index is 6.56. The summed E-state index contributed by atoms with van der Waals surface area (Å²) in [5.41, 5.74) is 14.5. The van der Waals surface area contributed by atoms with Crippen LogP contribution in [0.15, 0.2) is 210 Å². The van der Waals surface area contributed by atoms with Gasteiger partial charge in [-0.3, -0.25) is 0 Å². The number of fused-ring (bicyclic) bond motifs is 5. The summed E-state index contributed by atoms with van der Waals surface area (Å²) < 4.78 is 6.56. The van der Waals surface area contributed by atoms with E-state index in [2.05, 4.69) is 199 Å². The number of rotatable bonds is 7. The molecule has 0 unspecified atom stereocenters. The Morgan fingerprint density at radius 2 is 1.10 bits per heavy atom. The molecule has 1 aromatic heterocycles. The van der Waals surface area contributed by atoms with Crippen molar-refractivity contribution in [2.45, 2.75) is 12.8 Å². The first-order valence-corrected chi connectivity index (χ1v) is 20.0. The molecule has 58 heavy (non-hydrogen) atoms. The van der Waals surface area contributed by atoms with Crippen LogP contribution in [-0.2, 0) is 0 Å². The van der Waals surface area contributed by atoms with E-state index < -0.39 is 0 Å². The van der Waals surface area contributed by atoms with Crippen molar-refractivity contribution in [3.8, 4) is 33.4 Å². The molecule has 0 saturated carbocycles. The van der Waals surface area contributed by atoms with Crippen molar-refractivity contribution in [1.29, 1.82) is 0 Å². The number of hydrogen-bond acceptors (Lipinski definition) is 2. The van der Waals surface area contributed by atoms with Crippen molar-refractivity contribution >= 4 is 60.4 Å². The number of allylic oxidation sites excluding steroid dienone is 4. The Morgan fingerprint density at radius 3 is 1.90 bits per heavy atom. The molecule has 0 saturated heterocycles. The fraction of sp³-hybridized carbons (Fsp3) is 0.0357. The van der Waals surface area contributed by atoms with Gasteiger partial charge in [-0.1, -0.05) is 170 Å². The molecule has 1 aliphatic carbocycles. The molecule has 0 N–H and O–H groups in total. The number of para-hydroxylation sites is 2. The first-order chi connectivity index (χ1) is 28.8. The Morgan fingerprint density at radius 1 is 0.466 bits per heavy atom. The van der Waals surface area contributed by atoms with Gasteiger partial charge in [-0.25, -0.2) is 0 Å². The third-order valence-electron chi connectivity index (χ3n) is 11.7. The summed E-state index contributed by atoms with van der Waals surface area (Å²) in [4.78, 5) is 2.43. The zero-order valence-electron chi connectivity index (χ0n) is 31.8. The lowest BCUT2D eigenvalue weighted by atomic mass is 9.91. The maximum Gasteiger partial charge on any atom is 0.152 e. The molecule has 0 fully saturated rings. The lowest BCUT2D eigenvalue weighted by Crippen LogP contribution is -2.18. The van der Waals surface area contributed by atoms with Gasteiger partial charge in [-0.15, -0.1) is 0 Å². The minimum Gasteiger partial charge on any atom is -0.455 e. The lowest BCUT2D eigenvalue weighted by molar-refractivity contribution is 0.670. The maximum absolute atomic E-state index is 6.56. The van der Waals surface area contributed by atoms with Gasteiger partial charge in [0.1, 0.15) is 5.58 Å². The zero-order chi connectivity index (χ0) is 38.4. The predicted octanol–water partition coefficient (Wildman–Crippen LogP) is 15.4. The second-order valence-corrected chi connectivity index (χ2v) is 15.0. The van der Waals surface area contributed by atoms with Crippen molar-refractivity contribution in [2.75, 3.05) is 4.90 Å². The SMILES string of the molecule is c1cc2c(oc3ccccc32)c(-c2ccccc2N(C2=CC=C(c3cccc4ccccc34)CC2)c2ccc(-c3cccc(-c4cccc5ccccc45)c3)cc2)c#1. The predicted molar refractivity (Wildman–Crippen MR) is 243 cm³/mol. The van der Waals surface area contributed by atoms with Crippen LogP contribution in [0, 0.1) is 12.1 Å². The van der Waals surface area contributed by atoms with Crippen molar-refractivity contribution in [3.63, 3.8) is 0 Å². The largest absolute Gasteiger partial charge is 0.455 e.